The third-order valence-corrected chi connectivity index (χ3v) is 3.37. The summed E-state index contributed by atoms with van der Waals surface area (Å²) in [6.45, 7) is 4.68. The van der Waals surface area contributed by atoms with Crippen LogP contribution < -0.4 is 0 Å². The minimum atomic E-state index is -0.538. The van der Waals surface area contributed by atoms with Gasteiger partial charge in [-0.05, 0) is 37.4 Å². The largest absolute Gasteiger partial charge is 0.392 e. The molecule has 1 aliphatic rings. The Morgan fingerprint density at radius 3 is 2.47 bits per heavy atom. The maximum atomic E-state index is 10.0. The van der Waals surface area contributed by atoms with E-state index >= 15 is 0 Å². The molecule has 2 N–H and O–H groups in total. The fraction of sp³-hybridized carbons (Fsp3) is 0.571. The lowest BCUT2D eigenvalue weighted by atomic mass is 9.95. The van der Waals surface area contributed by atoms with Gasteiger partial charge in [-0.2, -0.15) is 0 Å². The minimum Gasteiger partial charge on any atom is -0.392 e. The summed E-state index contributed by atoms with van der Waals surface area (Å²) in [7, 11) is 0. The third-order valence-electron chi connectivity index (χ3n) is 3.37. The number of nitrogens with zero attached hydrogens (tertiary/aromatic N) is 1. The molecule has 0 amide bonds. The Labute approximate surface area is 103 Å². The highest BCUT2D eigenvalue weighted by atomic mass is 16.3. The Kier molecular flexibility index (Phi) is 3.82. The van der Waals surface area contributed by atoms with Gasteiger partial charge in [0.25, 0.3) is 0 Å². The van der Waals surface area contributed by atoms with Gasteiger partial charge in [-0.15, -0.1) is 0 Å². The van der Waals surface area contributed by atoms with E-state index in [2.05, 4.69) is 17.0 Å². The molecule has 1 atom stereocenters. The summed E-state index contributed by atoms with van der Waals surface area (Å²) < 4.78 is 0. The molecule has 0 spiro atoms. The van der Waals surface area contributed by atoms with Crippen LogP contribution in [0.15, 0.2) is 24.3 Å². The zero-order valence-electron chi connectivity index (χ0n) is 10.4. The molecule has 94 valence electrons. The van der Waals surface area contributed by atoms with E-state index in [0.29, 0.717) is 0 Å². The molecule has 17 heavy (non-hydrogen) atoms. The lowest BCUT2D eigenvalue weighted by Crippen LogP contribution is -2.45. The lowest BCUT2D eigenvalue weighted by molar-refractivity contribution is -0.0181. The predicted molar refractivity (Wildman–Crippen MR) is 67.5 cm³/mol. The summed E-state index contributed by atoms with van der Waals surface area (Å²) in [5, 5.41) is 19.0. The number of likely N-dealkylation sites (tertiary alicyclic amines) is 1. The van der Waals surface area contributed by atoms with Crippen LogP contribution in [0.1, 0.15) is 30.9 Å². The van der Waals surface area contributed by atoms with Gasteiger partial charge in [-0.25, -0.2) is 0 Å². The van der Waals surface area contributed by atoms with Crippen molar-refractivity contribution in [1.82, 2.24) is 4.90 Å². The monoisotopic (exact) mass is 235 g/mol. The van der Waals surface area contributed by atoms with Crippen LogP contribution >= 0.6 is 0 Å². The second kappa shape index (κ2) is 5.17. The van der Waals surface area contributed by atoms with Crippen LogP contribution in [-0.4, -0.2) is 33.8 Å². The van der Waals surface area contributed by atoms with Crippen molar-refractivity contribution in [3.05, 3.63) is 35.4 Å². The molecular weight excluding hydrogens is 214 g/mol. The number of rotatable bonds is 3. The molecule has 1 unspecified atom stereocenters. The summed E-state index contributed by atoms with van der Waals surface area (Å²) in [6, 6.07) is 8.01. The molecule has 0 aliphatic carbocycles. The summed E-state index contributed by atoms with van der Waals surface area (Å²) in [4.78, 5) is 2.29. The molecule has 3 nitrogen and oxygen atoms in total. The molecule has 0 aromatic heterocycles. The maximum absolute atomic E-state index is 10.0. The molecule has 3 heteroatoms. The molecule has 1 aromatic rings. The summed E-state index contributed by atoms with van der Waals surface area (Å²) in [6.07, 6.45) is 1.95. The van der Waals surface area contributed by atoms with Gasteiger partial charge in [0, 0.05) is 13.1 Å². The summed E-state index contributed by atoms with van der Waals surface area (Å²) in [5.74, 6) is 0. The van der Waals surface area contributed by atoms with Crippen molar-refractivity contribution in [3.63, 3.8) is 0 Å². The summed E-state index contributed by atoms with van der Waals surface area (Å²) in [5.41, 5.74) is 1.64. The zero-order valence-corrected chi connectivity index (χ0v) is 10.4. The molecule has 1 heterocycles. The fourth-order valence-corrected chi connectivity index (χ4v) is 2.47. The van der Waals surface area contributed by atoms with Crippen molar-refractivity contribution < 1.29 is 10.2 Å². The Balaban J connectivity index is 1.95. The van der Waals surface area contributed by atoms with Gasteiger partial charge in [0.1, 0.15) is 0 Å². The first-order chi connectivity index (χ1) is 8.09. The van der Waals surface area contributed by atoms with Gasteiger partial charge in [0.15, 0.2) is 0 Å². The van der Waals surface area contributed by atoms with Crippen LogP contribution in [0.2, 0.25) is 0 Å². The maximum Gasteiger partial charge on any atom is 0.0746 e. The predicted octanol–water partition coefficient (Wildman–Crippen LogP) is 1.53. The van der Waals surface area contributed by atoms with Gasteiger partial charge in [-0.1, -0.05) is 24.3 Å². The van der Waals surface area contributed by atoms with Crippen molar-refractivity contribution in [2.45, 2.75) is 38.5 Å². The molecule has 1 aromatic carbocycles. The number of piperidine rings is 1. The Bertz CT molecular complexity index is 359. The van der Waals surface area contributed by atoms with Crippen LogP contribution in [-0.2, 0) is 13.2 Å². The van der Waals surface area contributed by atoms with E-state index in [1.807, 2.05) is 19.1 Å². The molecule has 0 radical (unpaired) electrons. The van der Waals surface area contributed by atoms with E-state index < -0.39 is 5.60 Å². The number of aliphatic hydroxyl groups is 2. The second-order valence-electron chi connectivity index (χ2n) is 5.29. The van der Waals surface area contributed by atoms with Crippen LogP contribution in [0.25, 0.3) is 0 Å². The first-order valence-electron chi connectivity index (χ1n) is 6.22. The van der Waals surface area contributed by atoms with Crippen molar-refractivity contribution >= 4 is 0 Å². The normalized spacial score (nSPS) is 26.1. The highest BCUT2D eigenvalue weighted by molar-refractivity contribution is 5.22. The Morgan fingerprint density at radius 1 is 1.24 bits per heavy atom. The number of benzene rings is 1. The SMILES string of the molecule is CC1(O)CCCN(Cc2ccc(CO)cc2)C1. The van der Waals surface area contributed by atoms with E-state index in [9.17, 15) is 5.11 Å². The zero-order chi connectivity index (χ0) is 12.3. The van der Waals surface area contributed by atoms with Crippen LogP contribution in [0.3, 0.4) is 0 Å². The molecule has 1 saturated heterocycles. The number of β-amino-alcohol motifs (C(OH)–C–C–N with tert-alkyl or cyclic N) is 1. The number of hydrogen-bond donors (Lipinski definition) is 2. The quantitative estimate of drug-likeness (QED) is 0.835. The molecule has 2 rings (SSSR count). The van der Waals surface area contributed by atoms with Crippen molar-refractivity contribution in [2.24, 2.45) is 0 Å². The van der Waals surface area contributed by atoms with E-state index in [0.717, 1.165) is 38.0 Å². The fourth-order valence-electron chi connectivity index (χ4n) is 2.47. The van der Waals surface area contributed by atoms with Crippen LogP contribution in [0, 0.1) is 0 Å². The number of aliphatic hydroxyl groups excluding tert-OH is 1. The lowest BCUT2D eigenvalue weighted by Gasteiger charge is -2.36. The van der Waals surface area contributed by atoms with Crippen LogP contribution in [0.4, 0.5) is 0 Å². The van der Waals surface area contributed by atoms with Gasteiger partial charge in [-0.3, -0.25) is 4.90 Å². The van der Waals surface area contributed by atoms with Crippen LogP contribution in [0.5, 0.6) is 0 Å². The second-order valence-corrected chi connectivity index (χ2v) is 5.29. The molecular formula is C14H21NO2. The first-order valence-corrected chi connectivity index (χ1v) is 6.22. The van der Waals surface area contributed by atoms with Crippen molar-refractivity contribution in [3.8, 4) is 0 Å². The minimum absolute atomic E-state index is 0.0959. The molecule has 0 saturated carbocycles. The average Bonchev–Trinajstić information content (AvgIpc) is 2.29. The van der Waals surface area contributed by atoms with E-state index in [-0.39, 0.29) is 6.61 Å². The van der Waals surface area contributed by atoms with E-state index in [1.165, 1.54) is 5.56 Å². The summed E-state index contributed by atoms with van der Waals surface area (Å²) >= 11 is 0. The van der Waals surface area contributed by atoms with Crippen molar-refractivity contribution in [1.29, 1.82) is 0 Å². The topological polar surface area (TPSA) is 43.7 Å². The Morgan fingerprint density at radius 2 is 1.88 bits per heavy atom. The van der Waals surface area contributed by atoms with Gasteiger partial charge in [0.2, 0.25) is 0 Å². The highest BCUT2D eigenvalue weighted by Crippen LogP contribution is 2.21. The average molecular weight is 235 g/mol. The third kappa shape index (κ3) is 3.53. The Hall–Kier alpha value is -0.900. The van der Waals surface area contributed by atoms with E-state index in [4.69, 9.17) is 5.11 Å². The van der Waals surface area contributed by atoms with Crippen molar-refractivity contribution in [2.75, 3.05) is 13.1 Å². The van der Waals surface area contributed by atoms with E-state index in [1.54, 1.807) is 0 Å². The first kappa shape index (κ1) is 12.6. The number of hydrogen-bond acceptors (Lipinski definition) is 3. The highest BCUT2D eigenvalue weighted by Gasteiger charge is 2.27. The molecule has 1 aliphatic heterocycles. The van der Waals surface area contributed by atoms with Gasteiger partial charge >= 0.3 is 0 Å². The molecule has 0 bridgehead atoms. The van der Waals surface area contributed by atoms with Gasteiger partial charge in [0.05, 0.1) is 12.2 Å². The smallest absolute Gasteiger partial charge is 0.0746 e. The van der Waals surface area contributed by atoms with Gasteiger partial charge < -0.3 is 10.2 Å². The standard InChI is InChI=1S/C14H21NO2/c1-14(17)7-2-8-15(11-14)9-12-3-5-13(10-16)6-4-12/h3-6,16-17H,2,7-11H2,1H3. The molecule has 1 fully saturated rings.